The molecule has 1 N–H and O–H groups in total. The van der Waals surface area contributed by atoms with E-state index in [0.29, 0.717) is 28.0 Å². The number of ether oxygens (including phenoxy) is 3. The minimum atomic E-state index is -0.274. The molecule has 1 aliphatic rings. The zero-order valence-electron chi connectivity index (χ0n) is 16.8. The van der Waals surface area contributed by atoms with Gasteiger partial charge >= 0.3 is 0 Å². The first kappa shape index (κ1) is 19.1. The SMILES string of the molecule is COc1cccc(-c2csc(-n3nc(C)cc3NC(=O)c3ccc4c(c3)OCO4)n2)c1. The molecule has 0 fully saturated rings. The van der Waals surface area contributed by atoms with Crippen LogP contribution in [0.2, 0.25) is 0 Å². The molecule has 2 aromatic carbocycles. The van der Waals surface area contributed by atoms with Crippen LogP contribution in [0.1, 0.15) is 16.1 Å². The Hall–Kier alpha value is -3.85. The van der Waals surface area contributed by atoms with E-state index in [0.717, 1.165) is 22.7 Å². The normalized spacial score (nSPS) is 12.1. The number of carbonyl (C=O) groups excluding carboxylic acids is 1. The van der Waals surface area contributed by atoms with Gasteiger partial charge in [-0.2, -0.15) is 9.78 Å². The van der Waals surface area contributed by atoms with E-state index < -0.39 is 0 Å². The van der Waals surface area contributed by atoms with Gasteiger partial charge in [0.25, 0.3) is 5.91 Å². The highest BCUT2D eigenvalue weighted by Gasteiger charge is 2.19. The minimum Gasteiger partial charge on any atom is -0.497 e. The Kier molecular flexibility index (Phi) is 4.79. The third-order valence-electron chi connectivity index (χ3n) is 4.75. The number of nitrogens with zero attached hydrogens (tertiary/aromatic N) is 3. The zero-order valence-corrected chi connectivity index (χ0v) is 17.6. The number of benzene rings is 2. The number of rotatable bonds is 5. The second-order valence-corrected chi connectivity index (χ2v) is 7.69. The molecule has 0 radical (unpaired) electrons. The van der Waals surface area contributed by atoms with Gasteiger partial charge in [0.15, 0.2) is 11.5 Å². The van der Waals surface area contributed by atoms with E-state index in [4.69, 9.17) is 19.2 Å². The van der Waals surface area contributed by atoms with Gasteiger partial charge in [-0.05, 0) is 37.3 Å². The molecule has 4 aromatic rings. The predicted octanol–water partition coefficient (Wildman–Crippen LogP) is 4.29. The average molecular weight is 434 g/mol. The summed E-state index contributed by atoms with van der Waals surface area (Å²) in [5.74, 6) is 2.21. The van der Waals surface area contributed by atoms with Crippen LogP contribution in [0.15, 0.2) is 53.9 Å². The number of methoxy groups -OCH3 is 1. The molecular weight excluding hydrogens is 416 g/mol. The van der Waals surface area contributed by atoms with E-state index in [1.165, 1.54) is 11.3 Å². The van der Waals surface area contributed by atoms with Crippen molar-refractivity contribution >= 4 is 23.1 Å². The monoisotopic (exact) mass is 434 g/mol. The molecule has 8 nitrogen and oxygen atoms in total. The lowest BCUT2D eigenvalue weighted by molar-refractivity contribution is 0.102. The standard InChI is InChI=1S/C22H18N4O4S/c1-13-8-20(24-21(27)15-6-7-18-19(10-15)30-12-29-18)26(25-13)22-23-17(11-31-22)14-4-3-5-16(9-14)28-2/h3-11H,12H2,1-2H3,(H,24,27). The zero-order chi connectivity index (χ0) is 21.4. The van der Waals surface area contributed by atoms with E-state index in [2.05, 4.69) is 10.4 Å². The smallest absolute Gasteiger partial charge is 0.256 e. The lowest BCUT2D eigenvalue weighted by Gasteiger charge is -2.07. The van der Waals surface area contributed by atoms with Gasteiger partial charge in [0.2, 0.25) is 11.9 Å². The fraction of sp³-hybridized carbons (Fsp3) is 0.136. The summed E-state index contributed by atoms with van der Waals surface area (Å²) in [6.45, 7) is 2.02. The average Bonchev–Trinajstić information content (AvgIpc) is 3.52. The number of thiazole rings is 1. The molecule has 0 atom stereocenters. The van der Waals surface area contributed by atoms with Crippen LogP contribution in [0.5, 0.6) is 17.2 Å². The van der Waals surface area contributed by atoms with Crippen molar-refractivity contribution in [2.45, 2.75) is 6.92 Å². The van der Waals surface area contributed by atoms with Gasteiger partial charge < -0.3 is 19.5 Å². The van der Waals surface area contributed by atoms with Crippen LogP contribution in [-0.4, -0.2) is 34.6 Å². The molecule has 156 valence electrons. The van der Waals surface area contributed by atoms with Crippen LogP contribution < -0.4 is 19.5 Å². The molecule has 3 heterocycles. The maximum atomic E-state index is 12.8. The van der Waals surface area contributed by atoms with E-state index in [1.807, 2.05) is 36.6 Å². The van der Waals surface area contributed by atoms with E-state index in [9.17, 15) is 4.79 Å². The number of nitrogens with one attached hydrogen (secondary N) is 1. The van der Waals surface area contributed by atoms with Crippen LogP contribution in [0.4, 0.5) is 5.82 Å². The summed E-state index contributed by atoms with van der Waals surface area (Å²) in [5.41, 5.74) is 2.97. The minimum absolute atomic E-state index is 0.159. The second-order valence-electron chi connectivity index (χ2n) is 6.85. The molecule has 1 aliphatic heterocycles. The highest BCUT2D eigenvalue weighted by molar-refractivity contribution is 7.12. The number of amides is 1. The highest BCUT2D eigenvalue weighted by atomic mass is 32.1. The van der Waals surface area contributed by atoms with Crippen LogP contribution in [0.25, 0.3) is 16.4 Å². The predicted molar refractivity (Wildman–Crippen MR) is 116 cm³/mol. The molecule has 9 heteroatoms. The largest absolute Gasteiger partial charge is 0.497 e. The Morgan fingerprint density at radius 3 is 2.90 bits per heavy atom. The first-order chi connectivity index (χ1) is 15.1. The molecular formula is C22H18N4O4S. The summed E-state index contributed by atoms with van der Waals surface area (Å²) < 4.78 is 17.6. The molecule has 1 amide bonds. The summed E-state index contributed by atoms with van der Waals surface area (Å²) in [5, 5.41) is 10.0. The Labute approximate surface area is 182 Å². The maximum Gasteiger partial charge on any atom is 0.256 e. The summed E-state index contributed by atoms with van der Waals surface area (Å²) in [6.07, 6.45) is 0. The summed E-state index contributed by atoms with van der Waals surface area (Å²) in [4.78, 5) is 17.5. The molecule has 0 spiro atoms. The third kappa shape index (κ3) is 3.71. The van der Waals surface area contributed by atoms with Crippen molar-refractivity contribution in [3.05, 3.63) is 65.2 Å². The Balaban J connectivity index is 1.42. The molecule has 0 aliphatic carbocycles. The van der Waals surface area contributed by atoms with Gasteiger partial charge in [-0.3, -0.25) is 4.79 Å². The molecule has 0 bridgehead atoms. The van der Waals surface area contributed by atoms with Crippen molar-refractivity contribution in [2.75, 3.05) is 19.2 Å². The number of fused-ring (bicyclic) bond motifs is 1. The van der Waals surface area contributed by atoms with Gasteiger partial charge in [-0.15, -0.1) is 11.3 Å². The van der Waals surface area contributed by atoms with Gasteiger partial charge in [0.1, 0.15) is 11.6 Å². The maximum absolute atomic E-state index is 12.8. The van der Waals surface area contributed by atoms with Crippen molar-refractivity contribution in [3.63, 3.8) is 0 Å². The molecule has 0 unspecified atom stereocenters. The van der Waals surface area contributed by atoms with Crippen molar-refractivity contribution in [2.24, 2.45) is 0 Å². The molecule has 2 aromatic heterocycles. The molecule has 5 rings (SSSR count). The van der Waals surface area contributed by atoms with E-state index >= 15 is 0 Å². The van der Waals surface area contributed by atoms with Crippen LogP contribution in [-0.2, 0) is 0 Å². The second kappa shape index (κ2) is 7.77. The van der Waals surface area contributed by atoms with Crippen molar-refractivity contribution in [1.29, 1.82) is 0 Å². The Morgan fingerprint density at radius 1 is 1.16 bits per heavy atom. The topological polar surface area (TPSA) is 87.5 Å². The van der Waals surface area contributed by atoms with E-state index in [-0.39, 0.29) is 12.7 Å². The van der Waals surface area contributed by atoms with Crippen molar-refractivity contribution < 1.29 is 19.0 Å². The van der Waals surface area contributed by atoms with Crippen molar-refractivity contribution in [1.82, 2.24) is 14.8 Å². The van der Waals surface area contributed by atoms with Crippen LogP contribution in [0, 0.1) is 6.92 Å². The van der Waals surface area contributed by atoms with Gasteiger partial charge in [-0.25, -0.2) is 4.98 Å². The number of aryl methyl sites for hydroxylation is 1. The Morgan fingerprint density at radius 2 is 2.03 bits per heavy atom. The molecule has 31 heavy (non-hydrogen) atoms. The third-order valence-corrected chi connectivity index (χ3v) is 5.56. The van der Waals surface area contributed by atoms with Gasteiger partial charge in [0.05, 0.1) is 18.5 Å². The molecule has 0 saturated heterocycles. The van der Waals surface area contributed by atoms with Crippen molar-refractivity contribution in [3.8, 4) is 33.6 Å². The lowest BCUT2D eigenvalue weighted by Crippen LogP contribution is -2.15. The van der Waals surface area contributed by atoms with Crippen LogP contribution in [0.3, 0.4) is 0 Å². The number of aromatic nitrogens is 3. The van der Waals surface area contributed by atoms with Crippen LogP contribution >= 0.6 is 11.3 Å². The summed E-state index contributed by atoms with van der Waals surface area (Å²) >= 11 is 1.44. The number of anilines is 1. The fourth-order valence-corrected chi connectivity index (χ4v) is 4.03. The summed E-state index contributed by atoms with van der Waals surface area (Å²) in [7, 11) is 1.63. The fourth-order valence-electron chi connectivity index (χ4n) is 3.24. The quantitative estimate of drug-likeness (QED) is 0.504. The Bertz CT molecular complexity index is 1280. The lowest BCUT2D eigenvalue weighted by atomic mass is 10.2. The molecule has 0 saturated carbocycles. The van der Waals surface area contributed by atoms with Gasteiger partial charge in [0, 0.05) is 22.6 Å². The number of hydrogen-bond donors (Lipinski definition) is 1. The van der Waals surface area contributed by atoms with E-state index in [1.54, 1.807) is 36.1 Å². The number of hydrogen-bond acceptors (Lipinski definition) is 7. The number of carbonyl (C=O) groups is 1. The first-order valence-electron chi connectivity index (χ1n) is 9.49. The highest BCUT2D eigenvalue weighted by Crippen LogP contribution is 2.33. The first-order valence-corrected chi connectivity index (χ1v) is 10.4. The summed E-state index contributed by atoms with van der Waals surface area (Å²) in [6, 6.07) is 14.6. The van der Waals surface area contributed by atoms with Gasteiger partial charge in [-0.1, -0.05) is 12.1 Å².